The van der Waals surface area contributed by atoms with E-state index < -0.39 is 0 Å². The third-order valence-electron chi connectivity index (χ3n) is 4.30. The van der Waals surface area contributed by atoms with Gasteiger partial charge in [-0.15, -0.1) is 11.3 Å². The van der Waals surface area contributed by atoms with Crippen LogP contribution in [-0.2, 0) is 6.42 Å². The Morgan fingerprint density at radius 1 is 1.11 bits per heavy atom. The Hall–Kier alpha value is -2.99. The largest absolute Gasteiger partial charge is 0.497 e. The highest BCUT2D eigenvalue weighted by Crippen LogP contribution is 2.30. The number of thiophene rings is 1. The molecular weight excluding hydrogens is 356 g/mol. The molecular formula is C21H20N4OS. The summed E-state index contributed by atoms with van der Waals surface area (Å²) in [5, 5.41) is 4.56. The normalized spacial score (nSPS) is 10.9. The molecule has 3 heterocycles. The number of ether oxygens (including phenoxy) is 1. The summed E-state index contributed by atoms with van der Waals surface area (Å²) in [5.41, 5.74) is 2.17. The van der Waals surface area contributed by atoms with Crippen molar-refractivity contribution in [1.29, 1.82) is 0 Å². The van der Waals surface area contributed by atoms with Gasteiger partial charge >= 0.3 is 0 Å². The first-order valence-corrected chi connectivity index (χ1v) is 9.60. The molecule has 0 saturated heterocycles. The van der Waals surface area contributed by atoms with Gasteiger partial charge in [-0.25, -0.2) is 9.97 Å². The zero-order valence-electron chi connectivity index (χ0n) is 15.3. The van der Waals surface area contributed by atoms with Gasteiger partial charge < -0.3 is 10.1 Å². The van der Waals surface area contributed by atoms with Crippen molar-refractivity contribution in [2.24, 2.45) is 0 Å². The summed E-state index contributed by atoms with van der Waals surface area (Å²) in [5.74, 6) is 2.44. The van der Waals surface area contributed by atoms with Crippen LogP contribution in [0.15, 0.2) is 54.9 Å². The number of hydrogen-bond donors (Lipinski definition) is 1. The van der Waals surface area contributed by atoms with E-state index in [9.17, 15) is 0 Å². The molecule has 0 amide bonds. The van der Waals surface area contributed by atoms with Gasteiger partial charge in [-0.2, -0.15) is 0 Å². The number of anilines is 1. The zero-order chi connectivity index (χ0) is 18.6. The van der Waals surface area contributed by atoms with E-state index in [1.54, 1.807) is 30.8 Å². The predicted molar refractivity (Wildman–Crippen MR) is 111 cm³/mol. The predicted octanol–water partition coefficient (Wildman–Crippen LogP) is 4.72. The lowest BCUT2D eigenvalue weighted by Gasteiger charge is -2.09. The van der Waals surface area contributed by atoms with Gasteiger partial charge in [0.2, 0.25) is 0 Å². The summed E-state index contributed by atoms with van der Waals surface area (Å²) < 4.78 is 5.21. The third kappa shape index (κ3) is 3.90. The Labute approximate surface area is 162 Å². The minimum Gasteiger partial charge on any atom is -0.497 e. The van der Waals surface area contributed by atoms with Crippen LogP contribution in [0.5, 0.6) is 5.75 Å². The number of methoxy groups -OCH3 is 1. The van der Waals surface area contributed by atoms with E-state index in [4.69, 9.17) is 14.7 Å². The maximum Gasteiger partial charge on any atom is 0.164 e. The van der Waals surface area contributed by atoms with Gasteiger partial charge in [-0.05, 0) is 49.2 Å². The molecule has 0 aliphatic heterocycles. The lowest BCUT2D eigenvalue weighted by Crippen LogP contribution is -2.07. The molecule has 4 aromatic rings. The number of nitrogens with zero attached hydrogens (tertiary/aromatic N) is 3. The standard InChI is InChI=1S/C21H20N4OS/c1-14-12-18-20(23-11-9-15-5-7-17(26-2)8-6-15)24-19(25-21(18)27-14)16-4-3-10-22-13-16/h3-8,10,12-13H,9,11H2,1-2H3,(H,23,24,25). The van der Waals surface area contributed by atoms with E-state index in [0.717, 1.165) is 40.3 Å². The molecule has 0 saturated carbocycles. The number of rotatable bonds is 6. The highest BCUT2D eigenvalue weighted by molar-refractivity contribution is 7.18. The summed E-state index contributed by atoms with van der Waals surface area (Å²) in [6.45, 7) is 2.89. The third-order valence-corrected chi connectivity index (χ3v) is 5.25. The van der Waals surface area contributed by atoms with Crippen LogP contribution in [0.2, 0.25) is 0 Å². The number of aryl methyl sites for hydroxylation is 1. The Morgan fingerprint density at radius 2 is 1.96 bits per heavy atom. The molecule has 3 aromatic heterocycles. The molecule has 0 aliphatic carbocycles. The first-order valence-electron chi connectivity index (χ1n) is 8.78. The fourth-order valence-corrected chi connectivity index (χ4v) is 3.80. The fraction of sp³-hybridized carbons (Fsp3) is 0.190. The summed E-state index contributed by atoms with van der Waals surface area (Å²) in [6, 6.07) is 14.2. The van der Waals surface area contributed by atoms with Gasteiger partial charge in [-0.3, -0.25) is 4.98 Å². The second-order valence-corrected chi connectivity index (χ2v) is 7.47. The molecule has 0 spiro atoms. The van der Waals surface area contributed by atoms with Crippen molar-refractivity contribution in [2.45, 2.75) is 13.3 Å². The lowest BCUT2D eigenvalue weighted by atomic mass is 10.1. The Bertz CT molecular complexity index is 1050. The van der Waals surface area contributed by atoms with Gasteiger partial charge in [0.25, 0.3) is 0 Å². The van der Waals surface area contributed by atoms with E-state index in [1.807, 2.05) is 24.3 Å². The number of nitrogens with one attached hydrogen (secondary N) is 1. The molecule has 27 heavy (non-hydrogen) atoms. The van der Waals surface area contributed by atoms with Crippen LogP contribution >= 0.6 is 11.3 Å². The molecule has 6 heteroatoms. The molecule has 0 atom stereocenters. The van der Waals surface area contributed by atoms with Crippen LogP contribution in [0.3, 0.4) is 0 Å². The maximum atomic E-state index is 5.21. The van der Waals surface area contributed by atoms with Crippen LogP contribution < -0.4 is 10.1 Å². The van der Waals surface area contributed by atoms with Gasteiger partial charge in [0.05, 0.1) is 12.5 Å². The number of aromatic nitrogens is 3. The Kier molecular flexibility index (Phi) is 4.98. The van der Waals surface area contributed by atoms with Crippen LogP contribution in [0.4, 0.5) is 5.82 Å². The fourth-order valence-electron chi connectivity index (χ4n) is 2.92. The summed E-state index contributed by atoms with van der Waals surface area (Å²) in [7, 11) is 1.68. The van der Waals surface area contributed by atoms with Crippen molar-refractivity contribution in [3.63, 3.8) is 0 Å². The highest BCUT2D eigenvalue weighted by atomic mass is 32.1. The summed E-state index contributed by atoms with van der Waals surface area (Å²) >= 11 is 1.68. The molecule has 0 aliphatic rings. The molecule has 1 aromatic carbocycles. The average molecular weight is 376 g/mol. The van der Waals surface area contributed by atoms with E-state index >= 15 is 0 Å². The molecule has 1 N–H and O–H groups in total. The first kappa shape index (κ1) is 17.4. The molecule has 5 nitrogen and oxygen atoms in total. The van der Waals surface area contributed by atoms with E-state index in [1.165, 1.54) is 10.4 Å². The van der Waals surface area contributed by atoms with Crippen molar-refractivity contribution in [1.82, 2.24) is 15.0 Å². The van der Waals surface area contributed by atoms with Gasteiger partial charge in [0.15, 0.2) is 5.82 Å². The maximum absolute atomic E-state index is 5.21. The van der Waals surface area contributed by atoms with Crippen molar-refractivity contribution < 1.29 is 4.74 Å². The zero-order valence-corrected chi connectivity index (χ0v) is 16.1. The topological polar surface area (TPSA) is 59.9 Å². The molecule has 0 radical (unpaired) electrons. The molecule has 136 valence electrons. The van der Waals surface area contributed by atoms with Crippen molar-refractivity contribution >= 4 is 27.4 Å². The van der Waals surface area contributed by atoms with Crippen molar-refractivity contribution in [3.8, 4) is 17.1 Å². The average Bonchev–Trinajstić information content (AvgIpc) is 3.09. The lowest BCUT2D eigenvalue weighted by molar-refractivity contribution is 0.414. The Balaban J connectivity index is 1.58. The highest BCUT2D eigenvalue weighted by Gasteiger charge is 2.12. The minimum atomic E-state index is 0.699. The number of hydrogen-bond acceptors (Lipinski definition) is 6. The quantitative estimate of drug-likeness (QED) is 0.527. The number of benzene rings is 1. The number of fused-ring (bicyclic) bond motifs is 1. The van der Waals surface area contributed by atoms with Gasteiger partial charge in [-0.1, -0.05) is 12.1 Å². The van der Waals surface area contributed by atoms with Gasteiger partial charge in [0.1, 0.15) is 16.4 Å². The molecule has 4 rings (SSSR count). The van der Waals surface area contributed by atoms with Crippen LogP contribution in [0.25, 0.3) is 21.6 Å². The van der Waals surface area contributed by atoms with E-state index in [0.29, 0.717) is 5.82 Å². The minimum absolute atomic E-state index is 0.699. The van der Waals surface area contributed by atoms with Crippen LogP contribution in [0.1, 0.15) is 10.4 Å². The van der Waals surface area contributed by atoms with Crippen LogP contribution in [0, 0.1) is 6.92 Å². The Morgan fingerprint density at radius 3 is 2.70 bits per heavy atom. The van der Waals surface area contributed by atoms with Crippen molar-refractivity contribution in [2.75, 3.05) is 19.0 Å². The summed E-state index contributed by atoms with van der Waals surface area (Å²) in [4.78, 5) is 15.9. The smallest absolute Gasteiger partial charge is 0.164 e. The van der Waals surface area contributed by atoms with Crippen molar-refractivity contribution in [3.05, 3.63) is 65.3 Å². The monoisotopic (exact) mass is 376 g/mol. The molecule has 0 bridgehead atoms. The molecule has 0 fully saturated rings. The SMILES string of the molecule is COc1ccc(CCNc2nc(-c3cccnc3)nc3sc(C)cc23)cc1. The van der Waals surface area contributed by atoms with E-state index in [2.05, 4.69) is 35.4 Å². The van der Waals surface area contributed by atoms with Crippen LogP contribution in [-0.4, -0.2) is 28.6 Å². The second-order valence-electron chi connectivity index (χ2n) is 6.24. The number of pyridine rings is 1. The second kappa shape index (κ2) is 7.72. The van der Waals surface area contributed by atoms with Gasteiger partial charge in [0, 0.05) is 29.4 Å². The molecule has 0 unspecified atom stereocenters. The summed E-state index contributed by atoms with van der Waals surface area (Å²) in [6.07, 6.45) is 4.45. The first-order chi connectivity index (χ1) is 13.2. The van der Waals surface area contributed by atoms with E-state index in [-0.39, 0.29) is 0 Å².